The number of fused-ring (bicyclic) bond motifs is 1. The molecule has 1 aromatic carbocycles. The van der Waals surface area contributed by atoms with Crippen molar-refractivity contribution < 1.29 is 19.4 Å². The zero-order chi connectivity index (χ0) is 17.3. The maximum Gasteiger partial charge on any atom is 0.322 e. The minimum atomic E-state index is -1.14. The first kappa shape index (κ1) is 15.6. The molecule has 2 aromatic rings. The van der Waals surface area contributed by atoms with Gasteiger partial charge in [0.15, 0.2) is 0 Å². The lowest BCUT2D eigenvalue weighted by molar-refractivity contribution is -0.137. The number of hydrogen-bond donors (Lipinski definition) is 4. The van der Waals surface area contributed by atoms with Crippen LogP contribution in [0.4, 0.5) is 0 Å². The summed E-state index contributed by atoms with van der Waals surface area (Å²) in [5.41, 5.74) is 8.38. The number of aromatic amines is 1. The van der Waals surface area contributed by atoms with Crippen molar-refractivity contribution in [1.82, 2.24) is 15.5 Å². The molecular formula is C16H16N4O4. The van der Waals surface area contributed by atoms with Gasteiger partial charge in [-0.3, -0.25) is 14.7 Å². The topological polar surface area (TPSA) is 130 Å². The molecule has 8 nitrogen and oxygen atoms in total. The van der Waals surface area contributed by atoms with Crippen LogP contribution >= 0.6 is 0 Å². The standard InChI is InChI=1S/C16H16N4O4/c1-8-11-12(9-5-3-2-4-6-9)13(15(23)18-7-10(21)22)14(17)24-16(11)20-19-8/h2-6,12H,7,17H2,1H3,(H,18,23)(H,19,20)(H,21,22). The number of nitrogens with one attached hydrogen (secondary N) is 2. The smallest absolute Gasteiger partial charge is 0.322 e. The average molecular weight is 328 g/mol. The van der Waals surface area contributed by atoms with Crippen LogP contribution in [0.5, 0.6) is 5.88 Å². The van der Waals surface area contributed by atoms with Gasteiger partial charge in [0.1, 0.15) is 6.54 Å². The van der Waals surface area contributed by atoms with E-state index in [0.29, 0.717) is 11.4 Å². The number of aliphatic carboxylic acids is 1. The highest BCUT2D eigenvalue weighted by molar-refractivity contribution is 5.98. The molecule has 8 heteroatoms. The monoisotopic (exact) mass is 328 g/mol. The number of rotatable bonds is 4. The van der Waals surface area contributed by atoms with E-state index < -0.39 is 24.3 Å². The second-order valence-corrected chi connectivity index (χ2v) is 5.37. The molecule has 1 aliphatic rings. The van der Waals surface area contributed by atoms with Crippen LogP contribution in [-0.2, 0) is 9.59 Å². The van der Waals surface area contributed by atoms with Gasteiger partial charge < -0.3 is 20.9 Å². The normalized spacial score (nSPS) is 16.3. The zero-order valence-corrected chi connectivity index (χ0v) is 12.9. The van der Waals surface area contributed by atoms with Crippen molar-refractivity contribution in [3.05, 3.63) is 58.6 Å². The molecule has 0 radical (unpaired) electrons. The number of carbonyl (C=O) groups excluding carboxylic acids is 1. The van der Waals surface area contributed by atoms with Gasteiger partial charge in [-0.1, -0.05) is 30.3 Å². The van der Waals surface area contributed by atoms with Gasteiger partial charge >= 0.3 is 5.97 Å². The number of benzene rings is 1. The van der Waals surface area contributed by atoms with Gasteiger partial charge in [-0.05, 0) is 12.5 Å². The molecule has 1 aliphatic heterocycles. The first-order chi connectivity index (χ1) is 11.5. The second kappa shape index (κ2) is 6.07. The summed E-state index contributed by atoms with van der Waals surface area (Å²) in [6.45, 7) is 1.31. The third-order valence-electron chi connectivity index (χ3n) is 3.79. The maximum absolute atomic E-state index is 12.5. The average Bonchev–Trinajstić information content (AvgIpc) is 2.93. The SMILES string of the molecule is Cc1[nH]nc2c1C(c1ccccc1)C(C(=O)NCC(=O)O)=C(N)O2. The predicted octanol–water partition coefficient (Wildman–Crippen LogP) is 0.614. The summed E-state index contributed by atoms with van der Waals surface area (Å²) < 4.78 is 5.45. The van der Waals surface area contributed by atoms with Crippen molar-refractivity contribution in [2.24, 2.45) is 5.73 Å². The summed E-state index contributed by atoms with van der Waals surface area (Å²) in [6, 6.07) is 9.29. The van der Waals surface area contributed by atoms with Crippen molar-refractivity contribution in [2.75, 3.05) is 6.54 Å². The Labute approximate surface area is 137 Å². The summed E-state index contributed by atoms with van der Waals surface area (Å²) >= 11 is 0. The summed E-state index contributed by atoms with van der Waals surface area (Å²) in [4.78, 5) is 23.2. The molecule has 0 bridgehead atoms. The van der Waals surface area contributed by atoms with E-state index in [9.17, 15) is 9.59 Å². The fraction of sp³-hybridized carbons (Fsp3) is 0.188. The van der Waals surface area contributed by atoms with Crippen LogP contribution in [0, 0.1) is 6.92 Å². The largest absolute Gasteiger partial charge is 0.480 e. The molecule has 2 heterocycles. The highest BCUT2D eigenvalue weighted by Gasteiger charge is 2.37. The number of hydrogen-bond acceptors (Lipinski definition) is 5. The number of nitrogens with zero attached hydrogens (tertiary/aromatic N) is 1. The molecule has 0 fully saturated rings. The number of amides is 1. The van der Waals surface area contributed by atoms with Crippen LogP contribution in [-0.4, -0.2) is 33.7 Å². The number of aryl methyl sites for hydroxylation is 1. The molecule has 0 aliphatic carbocycles. The summed E-state index contributed by atoms with van der Waals surface area (Å²) in [7, 11) is 0. The number of ether oxygens (including phenoxy) is 1. The first-order valence-electron chi connectivity index (χ1n) is 7.26. The van der Waals surface area contributed by atoms with Crippen LogP contribution in [0.3, 0.4) is 0 Å². The van der Waals surface area contributed by atoms with Crippen molar-refractivity contribution >= 4 is 11.9 Å². The van der Waals surface area contributed by atoms with Crippen LogP contribution in [0.25, 0.3) is 0 Å². The highest BCUT2D eigenvalue weighted by Crippen LogP contribution is 2.42. The lowest BCUT2D eigenvalue weighted by Gasteiger charge is -2.26. The quantitative estimate of drug-likeness (QED) is 0.650. The van der Waals surface area contributed by atoms with E-state index >= 15 is 0 Å². The molecule has 124 valence electrons. The Hall–Kier alpha value is -3.29. The second-order valence-electron chi connectivity index (χ2n) is 5.37. The van der Waals surface area contributed by atoms with Crippen LogP contribution in [0.15, 0.2) is 41.8 Å². The Bertz CT molecular complexity index is 826. The number of aromatic nitrogens is 2. The Morgan fingerprint density at radius 1 is 1.38 bits per heavy atom. The van der Waals surface area contributed by atoms with E-state index in [1.54, 1.807) is 0 Å². The van der Waals surface area contributed by atoms with Gasteiger partial charge in [0.05, 0.1) is 11.5 Å². The summed E-state index contributed by atoms with van der Waals surface area (Å²) in [5, 5.41) is 18.0. The molecule has 0 saturated heterocycles. The molecule has 1 aromatic heterocycles. The molecule has 1 amide bonds. The molecular weight excluding hydrogens is 312 g/mol. The lowest BCUT2D eigenvalue weighted by atomic mass is 9.83. The minimum Gasteiger partial charge on any atom is -0.480 e. The Balaban J connectivity index is 2.09. The van der Waals surface area contributed by atoms with Gasteiger partial charge in [0.2, 0.25) is 11.8 Å². The van der Waals surface area contributed by atoms with Gasteiger partial charge in [0.25, 0.3) is 5.91 Å². The van der Waals surface area contributed by atoms with E-state index in [2.05, 4.69) is 15.5 Å². The van der Waals surface area contributed by atoms with E-state index in [1.807, 2.05) is 37.3 Å². The Kier molecular flexibility index (Phi) is 3.95. The van der Waals surface area contributed by atoms with Gasteiger partial charge in [-0.2, -0.15) is 0 Å². The molecule has 3 rings (SSSR count). The molecule has 24 heavy (non-hydrogen) atoms. The highest BCUT2D eigenvalue weighted by atomic mass is 16.5. The Morgan fingerprint density at radius 3 is 2.75 bits per heavy atom. The van der Waals surface area contributed by atoms with Gasteiger partial charge in [0, 0.05) is 11.3 Å². The molecule has 5 N–H and O–H groups in total. The Morgan fingerprint density at radius 2 is 2.08 bits per heavy atom. The van der Waals surface area contributed by atoms with Crippen molar-refractivity contribution in [3.8, 4) is 5.88 Å². The number of H-pyrrole nitrogens is 1. The third kappa shape index (κ3) is 2.69. The number of nitrogens with two attached hydrogens (primary N) is 1. The molecule has 0 saturated carbocycles. The van der Waals surface area contributed by atoms with E-state index in [1.165, 1.54) is 0 Å². The fourth-order valence-electron chi connectivity index (χ4n) is 2.75. The van der Waals surface area contributed by atoms with Crippen LogP contribution in [0.2, 0.25) is 0 Å². The molecule has 1 atom stereocenters. The lowest BCUT2D eigenvalue weighted by Crippen LogP contribution is -2.36. The zero-order valence-electron chi connectivity index (χ0n) is 12.9. The van der Waals surface area contributed by atoms with E-state index in [-0.39, 0.29) is 11.5 Å². The van der Waals surface area contributed by atoms with Crippen molar-refractivity contribution in [2.45, 2.75) is 12.8 Å². The van der Waals surface area contributed by atoms with E-state index in [0.717, 1.165) is 11.3 Å². The van der Waals surface area contributed by atoms with Gasteiger partial charge in [-0.25, -0.2) is 0 Å². The number of carbonyl (C=O) groups is 2. The van der Waals surface area contributed by atoms with Gasteiger partial charge in [-0.15, -0.1) is 5.10 Å². The van der Waals surface area contributed by atoms with Crippen molar-refractivity contribution in [1.29, 1.82) is 0 Å². The number of carboxylic acids is 1. The number of carboxylic acid groups (broad SMARTS) is 1. The summed E-state index contributed by atoms with van der Waals surface area (Å²) in [6.07, 6.45) is 0. The van der Waals surface area contributed by atoms with Crippen molar-refractivity contribution in [3.63, 3.8) is 0 Å². The predicted molar refractivity (Wildman–Crippen MR) is 84.1 cm³/mol. The molecule has 0 spiro atoms. The van der Waals surface area contributed by atoms with Crippen LogP contribution in [0.1, 0.15) is 22.7 Å². The minimum absolute atomic E-state index is 0.0919. The first-order valence-corrected chi connectivity index (χ1v) is 7.26. The molecule has 1 unspecified atom stereocenters. The fourth-order valence-corrected chi connectivity index (χ4v) is 2.75. The van der Waals surface area contributed by atoms with E-state index in [4.69, 9.17) is 15.6 Å². The third-order valence-corrected chi connectivity index (χ3v) is 3.79. The summed E-state index contributed by atoms with van der Waals surface area (Å²) in [5.74, 6) is -2.01. The van der Waals surface area contributed by atoms with Crippen LogP contribution < -0.4 is 15.8 Å². The maximum atomic E-state index is 12.5.